The molecule has 6 N–H and O–H groups in total. The molecule has 0 spiro atoms. The first-order chi connectivity index (χ1) is 19.4. The number of nitrogens with two attached hydrogens (primary N) is 2. The van der Waals surface area contributed by atoms with Crippen LogP contribution < -0.4 is 22.1 Å². The Balaban J connectivity index is 2.10. The number of carbonyl (C=O) groups excluding carboxylic acids is 4. The average molecular weight is 570 g/mol. The molecule has 2 rings (SSSR count). The van der Waals surface area contributed by atoms with Gasteiger partial charge in [0.25, 0.3) is 0 Å². The molecule has 0 aromatic heterocycles. The predicted molar refractivity (Wildman–Crippen MR) is 163 cm³/mol. The third-order valence-electron chi connectivity index (χ3n) is 7.55. The minimum absolute atomic E-state index is 0.0841. The quantitative estimate of drug-likeness (QED) is 0.178. The van der Waals surface area contributed by atoms with Crippen LogP contribution >= 0.6 is 0 Å². The van der Waals surface area contributed by atoms with E-state index in [1.165, 1.54) is 6.92 Å². The van der Waals surface area contributed by atoms with E-state index in [4.69, 9.17) is 11.5 Å². The number of likely N-dealkylation sites (tertiary alicyclic amines) is 1. The maximum absolute atomic E-state index is 13.9. The van der Waals surface area contributed by atoms with Crippen molar-refractivity contribution in [3.8, 4) is 0 Å². The third kappa shape index (κ3) is 11.4. The van der Waals surface area contributed by atoms with Crippen molar-refractivity contribution < 1.29 is 19.2 Å². The van der Waals surface area contributed by atoms with Gasteiger partial charge >= 0.3 is 0 Å². The van der Waals surface area contributed by atoms with Crippen LogP contribution in [0.3, 0.4) is 0 Å². The lowest BCUT2D eigenvalue weighted by atomic mass is 9.95. The summed E-state index contributed by atoms with van der Waals surface area (Å²) in [6.45, 7) is 10.3. The van der Waals surface area contributed by atoms with Crippen LogP contribution in [0.25, 0.3) is 0 Å². The molecule has 41 heavy (non-hydrogen) atoms. The number of rotatable bonds is 16. The minimum atomic E-state index is -0.740. The van der Waals surface area contributed by atoms with Crippen molar-refractivity contribution in [2.24, 2.45) is 29.2 Å². The summed E-state index contributed by atoms with van der Waals surface area (Å²) in [4.78, 5) is 53.3. The second-order valence-electron chi connectivity index (χ2n) is 12.0. The highest BCUT2D eigenvalue weighted by Gasteiger charge is 2.38. The molecule has 9 nitrogen and oxygen atoms in total. The molecule has 5 atom stereocenters. The molecular weight excluding hydrogens is 518 g/mol. The molecule has 1 aliphatic rings. The minimum Gasteiger partial charge on any atom is -0.354 e. The Bertz CT molecular complexity index is 1030. The SMILES string of the molecule is CC(=O)[C@@H](N)CCCNC(=O)[C@@H](NC(=O)[C@@H]1CCCN1C(=O)[C@H](/C=C/[C@@H](N)CC(C)C)Cc1ccccc1)C(C)C. The van der Waals surface area contributed by atoms with Crippen LogP contribution in [0, 0.1) is 17.8 Å². The first-order valence-corrected chi connectivity index (χ1v) is 15.0. The van der Waals surface area contributed by atoms with Gasteiger partial charge in [-0.3, -0.25) is 19.2 Å². The Morgan fingerprint density at radius 1 is 1.05 bits per heavy atom. The van der Waals surface area contributed by atoms with Crippen molar-refractivity contribution >= 4 is 23.5 Å². The lowest BCUT2D eigenvalue weighted by molar-refractivity contribution is -0.141. The summed E-state index contributed by atoms with van der Waals surface area (Å²) in [5.74, 6) is -0.957. The van der Waals surface area contributed by atoms with Crippen molar-refractivity contribution in [2.75, 3.05) is 13.1 Å². The number of nitrogens with zero attached hydrogens (tertiary/aromatic N) is 1. The van der Waals surface area contributed by atoms with E-state index in [2.05, 4.69) is 24.5 Å². The van der Waals surface area contributed by atoms with E-state index in [0.29, 0.717) is 51.1 Å². The third-order valence-corrected chi connectivity index (χ3v) is 7.55. The molecule has 3 amide bonds. The van der Waals surface area contributed by atoms with Crippen molar-refractivity contribution in [2.45, 2.75) is 97.3 Å². The van der Waals surface area contributed by atoms with Gasteiger partial charge in [-0.15, -0.1) is 0 Å². The molecule has 1 aromatic carbocycles. The van der Waals surface area contributed by atoms with Gasteiger partial charge in [0.05, 0.1) is 12.0 Å². The van der Waals surface area contributed by atoms with Gasteiger partial charge in [0.1, 0.15) is 17.9 Å². The fraction of sp³-hybridized carbons (Fsp3) is 0.625. The summed E-state index contributed by atoms with van der Waals surface area (Å²) in [6, 6.07) is 7.77. The maximum atomic E-state index is 13.9. The number of hydrogen-bond acceptors (Lipinski definition) is 6. The highest BCUT2D eigenvalue weighted by molar-refractivity contribution is 5.93. The van der Waals surface area contributed by atoms with Crippen molar-refractivity contribution in [1.82, 2.24) is 15.5 Å². The highest BCUT2D eigenvalue weighted by atomic mass is 16.2. The van der Waals surface area contributed by atoms with Gasteiger partial charge in [-0.05, 0) is 62.8 Å². The largest absolute Gasteiger partial charge is 0.354 e. The second-order valence-corrected chi connectivity index (χ2v) is 12.0. The molecule has 1 fully saturated rings. The Morgan fingerprint density at radius 3 is 2.34 bits per heavy atom. The van der Waals surface area contributed by atoms with Crippen LogP contribution in [0.5, 0.6) is 0 Å². The van der Waals surface area contributed by atoms with Crippen LogP contribution in [0.15, 0.2) is 42.5 Å². The monoisotopic (exact) mass is 569 g/mol. The van der Waals surface area contributed by atoms with Gasteiger partial charge in [-0.1, -0.05) is 70.2 Å². The molecule has 0 aliphatic carbocycles. The predicted octanol–water partition coefficient (Wildman–Crippen LogP) is 2.72. The van der Waals surface area contributed by atoms with E-state index < -0.39 is 24.0 Å². The van der Waals surface area contributed by atoms with Crippen LogP contribution in [-0.2, 0) is 25.6 Å². The normalized spacial score (nSPS) is 18.4. The number of amides is 3. The van der Waals surface area contributed by atoms with E-state index in [9.17, 15) is 19.2 Å². The van der Waals surface area contributed by atoms with Gasteiger partial charge in [0.2, 0.25) is 17.7 Å². The summed E-state index contributed by atoms with van der Waals surface area (Å²) in [5, 5.41) is 5.76. The lowest BCUT2D eigenvalue weighted by Gasteiger charge is -2.30. The van der Waals surface area contributed by atoms with Gasteiger partial charge in [0, 0.05) is 19.1 Å². The van der Waals surface area contributed by atoms with Gasteiger partial charge in [-0.25, -0.2) is 0 Å². The number of Topliss-reactive ketones (excluding diaryl/α,β-unsaturated/α-hetero) is 1. The molecular formula is C32H51N5O4. The molecule has 0 bridgehead atoms. The van der Waals surface area contributed by atoms with Crippen LogP contribution in [0.1, 0.15) is 72.3 Å². The number of ketones is 1. The summed E-state index contributed by atoms with van der Waals surface area (Å²) in [5.41, 5.74) is 13.1. The Labute approximate surface area is 245 Å². The lowest BCUT2D eigenvalue weighted by Crippen LogP contribution is -2.55. The molecule has 1 aliphatic heterocycles. The maximum Gasteiger partial charge on any atom is 0.243 e. The second kappa shape index (κ2) is 17.0. The van der Waals surface area contributed by atoms with E-state index in [1.54, 1.807) is 4.90 Å². The number of nitrogens with one attached hydrogen (secondary N) is 2. The number of carbonyl (C=O) groups is 4. The molecule has 0 radical (unpaired) electrons. The van der Waals surface area contributed by atoms with Crippen LogP contribution in [0.2, 0.25) is 0 Å². The topological polar surface area (TPSA) is 148 Å². The number of benzene rings is 1. The van der Waals surface area contributed by atoms with Crippen molar-refractivity contribution in [3.05, 3.63) is 48.0 Å². The Hall–Kier alpha value is -3.04. The Morgan fingerprint density at radius 2 is 1.73 bits per heavy atom. The van der Waals surface area contributed by atoms with E-state index in [-0.39, 0.29) is 35.5 Å². The van der Waals surface area contributed by atoms with Crippen LogP contribution in [0.4, 0.5) is 0 Å². The smallest absolute Gasteiger partial charge is 0.243 e. The van der Waals surface area contributed by atoms with E-state index in [1.807, 2.05) is 56.3 Å². The zero-order valence-electron chi connectivity index (χ0n) is 25.5. The molecule has 1 heterocycles. The van der Waals surface area contributed by atoms with Gasteiger partial charge in [-0.2, -0.15) is 0 Å². The molecule has 228 valence electrons. The summed E-state index contributed by atoms with van der Waals surface area (Å²) in [6.07, 6.45) is 7.45. The Kier molecular flexibility index (Phi) is 14.2. The first kappa shape index (κ1) is 34.2. The molecule has 1 saturated heterocycles. The fourth-order valence-corrected chi connectivity index (χ4v) is 5.15. The van der Waals surface area contributed by atoms with Gasteiger partial charge in [0.15, 0.2) is 0 Å². The molecule has 0 saturated carbocycles. The summed E-state index contributed by atoms with van der Waals surface area (Å²) in [7, 11) is 0. The van der Waals surface area contributed by atoms with Crippen LogP contribution in [-0.4, -0.2) is 65.7 Å². The fourth-order valence-electron chi connectivity index (χ4n) is 5.15. The first-order valence-electron chi connectivity index (χ1n) is 15.0. The highest BCUT2D eigenvalue weighted by Crippen LogP contribution is 2.23. The van der Waals surface area contributed by atoms with Crippen molar-refractivity contribution in [3.63, 3.8) is 0 Å². The van der Waals surface area contributed by atoms with Gasteiger partial charge < -0.3 is 27.0 Å². The average Bonchev–Trinajstić information content (AvgIpc) is 3.41. The standard InChI is InChI=1S/C32H51N5O4/c1-21(2)19-26(33)16-15-25(20-24-11-7-6-8-12-24)32(41)37-18-10-14-28(37)30(39)36-29(22(3)4)31(40)35-17-9-13-27(34)23(5)38/h6-8,11-12,15-16,21-22,25-29H,9-10,13-14,17-20,33-34H2,1-5H3,(H,35,40)(H,36,39)/b16-15+/t25-,26-,27+,28+,29+/m1/s1. The molecule has 9 heteroatoms. The summed E-state index contributed by atoms with van der Waals surface area (Å²) < 4.78 is 0. The molecule has 1 aromatic rings. The van der Waals surface area contributed by atoms with E-state index >= 15 is 0 Å². The number of hydrogen-bond donors (Lipinski definition) is 4. The molecule has 0 unspecified atom stereocenters. The van der Waals surface area contributed by atoms with E-state index in [0.717, 1.165) is 12.0 Å². The summed E-state index contributed by atoms with van der Waals surface area (Å²) >= 11 is 0. The zero-order chi connectivity index (χ0) is 30.5. The zero-order valence-corrected chi connectivity index (χ0v) is 25.5. The van der Waals surface area contributed by atoms with Crippen molar-refractivity contribution in [1.29, 1.82) is 0 Å².